The lowest BCUT2D eigenvalue weighted by atomic mass is 9.83. The maximum absolute atomic E-state index is 14.0. The summed E-state index contributed by atoms with van der Waals surface area (Å²) in [6, 6.07) is 9.70. The average Bonchev–Trinajstić information content (AvgIpc) is 3.37. The van der Waals surface area contributed by atoms with Gasteiger partial charge in [-0.05, 0) is 75.3 Å². The molecule has 0 bridgehead atoms. The van der Waals surface area contributed by atoms with Crippen molar-refractivity contribution in [3.8, 4) is 11.1 Å². The zero-order valence-corrected chi connectivity index (χ0v) is 20.7. The molecule has 0 spiro atoms. The van der Waals surface area contributed by atoms with Crippen LogP contribution in [0.15, 0.2) is 42.7 Å². The number of nitrogens with one attached hydrogen (secondary N) is 2. The first-order chi connectivity index (χ1) is 16.5. The van der Waals surface area contributed by atoms with Crippen molar-refractivity contribution in [1.82, 2.24) is 20.5 Å². The van der Waals surface area contributed by atoms with Crippen molar-refractivity contribution in [1.29, 1.82) is 0 Å². The van der Waals surface area contributed by atoms with E-state index in [9.17, 15) is 9.59 Å². The SMILES string of the molecule is CNC(C)C(=O)N[C@H](C(=O)N1CCCC1c1cncc(-c2ccccc2C)c1)C1CCCCC1. The molecule has 0 radical (unpaired) electrons. The van der Waals surface area contributed by atoms with Crippen LogP contribution in [0.4, 0.5) is 0 Å². The van der Waals surface area contributed by atoms with Crippen molar-refractivity contribution in [2.75, 3.05) is 13.6 Å². The molecule has 1 aliphatic carbocycles. The quantitative estimate of drug-likeness (QED) is 0.640. The van der Waals surface area contributed by atoms with E-state index in [-0.39, 0.29) is 29.8 Å². The highest BCUT2D eigenvalue weighted by atomic mass is 16.2. The van der Waals surface area contributed by atoms with Crippen molar-refractivity contribution in [2.24, 2.45) is 5.92 Å². The van der Waals surface area contributed by atoms with Crippen molar-refractivity contribution in [3.05, 3.63) is 53.9 Å². The minimum atomic E-state index is -0.461. The van der Waals surface area contributed by atoms with Crippen LogP contribution in [0.1, 0.15) is 69.0 Å². The van der Waals surface area contributed by atoms with E-state index in [1.807, 2.05) is 36.4 Å². The smallest absolute Gasteiger partial charge is 0.245 e. The Morgan fingerprint density at radius 1 is 1.06 bits per heavy atom. The van der Waals surface area contributed by atoms with E-state index in [0.717, 1.165) is 56.2 Å². The first-order valence-electron chi connectivity index (χ1n) is 12.8. The summed E-state index contributed by atoms with van der Waals surface area (Å²) in [5.41, 5.74) is 4.53. The van der Waals surface area contributed by atoms with E-state index in [1.54, 1.807) is 7.05 Å². The van der Waals surface area contributed by atoms with Gasteiger partial charge in [-0.25, -0.2) is 0 Å². The lowest BCUT2D eigenvalue weighted by molar-refractivity contribution is -0.139. The van der Waals surface area contributed by atoms with Gasteiger partial charge in [-0.2, -0.15) is 0 Å². The van der Waals surface area contributed by atoms with Gasteiger partial charge in [0.05, 0.1) is 12.1 Å². The summed E-state index contributed by atoms with van der Waals surface area (Å²) in [4.78, 5) is 33.3. The summed E-state index contributed by atoms with van der Waals surface area (Å²) >= 11 is 0. The molecule has 1 saturated carbocycles. The highest BCUT2D eigenvalue weighted by Gasteiger charge is 2.39. The molecule has 182 valence electrons. The second-order valence-electron chi connectivity index (χ2n) is 9.91. The third kappa shape index (κ3) is 5.33. The maximum Gasteiger partial charge on any atom is 0.245 e. The third-order valence-electron chi connectivity index (χ3n) is 7.65. The van der Waals surface area contributed by atoms with Gasteiger partial charge in [0, 0.05) is 24.5 Å². The monoisotopic (exact) mass is 462 g/mol. The van der Waals surface area contributed by atoms with Crippen LogP contribution < -0.4 is 10.6 Å². The largest absolute Gasteiger partial charge is 0.343 e. The molecule has 6 nitrogen and oxygen atoms in total. The van der Waals surface area contributed by atoms with Gasteiger partial charge in [0.15, 0.2) is 0 Å². The maximum atomic E-state index is 14.0. The molecule has 2 aliphatic rings. The zero-order chi connectivity index (χ0) is 24.1. The summed E-state index contributed by atoms with van der Waals surface area (Å²) in [5, 5.41) is 6.12. The summed E-state index contributed by atoms with van der Waals surface area (Å²) in [7, 11) is 1.77. The predicted octanol–water partition coefficient (Wildman–Crippen LogP) is 4.39. The van der Waals surface area contributed by atoms with Gasteiger partial charge >= 0.3 is 0 Å². The first-order valence-corrected chi connectivity index (χ1v) is 12.8. The summed E-state index contributed by atoms with van der Waals surface area (Å²) in [6.45, 7) is 4.66. The number of hydrogen-bond acceptors (Lipinski definition) is 4. The molecule has 2 heterocycles. The molecule has 3 atom stereocenters. The Balaban J connectivity index is 1.59. The predicted molar refractivity (Wildman–Crippen MR) is 135 cm³/mol. The number of likely N-dealkylation sites (N-methyl/N-ethyl adjacent to an activating group) is 1. The Hall–Kier alpha value is -2.73. The molecule has 6 heteroatoms. The van der Waals surface area contributed by atoms with E-state index in [0.29, 0.717) is 0 Å². The molecule has 1 aromatic carbocycles. The lowest BCUT2D eigenvalue weighted by Crippen LogP contribution is -2.55. The van der Waals surface area contributed by atoms with Gasteiger partial charge in [-0.3, -0.25) is 14.6 Å². The van der Waals surface area contributed by atoms with Crippen LogP contribution in [0, 0.1) is 12.8 Å². The Morgan fingerprint density at radius 2 is 1.82 bits per heavy atom. The fourth-order valence-corrected chi connectivity index (χ4v) is 5.50. The fraction of sp³-hybridized carbons (Fsp3) is 0.536. The molecule has 2 N–H and O–H groups in total. The fourth-order valence-electron chi connectivity index (χ4n) is 5.50. The number of carbonyl (C=O) groups is 2. The highest BCUT2D eigenvalue weighted by molar-refractivity contribution is 5.90. The highest BCUT2D eigenvalue weighted by Crippen LogP contribution is 2.36. The Morgan fingerprint density at radius 3 is 2.56 bits per heavy atom. The molecule has 34 heavy (non-hydrogen) atoms. The van der Waals surface area contributed by atoms with E-state index < -0.39 is 6.04 Å². The molecule has 4 rings (SSSR count). The van der Waals surface area contributed by atoms with Crippen molar-refractivity contribution in [2.45, 2.75) is 76.9 Å². The third-order valence-corrected chi connectivity index (χ3v) is 7.65. The molecular formula is C28H38N4O2. The Labute approximate surface area is 203 Å². The van der Waals surface area contributed by atoms with Gasteiger partial charge in [0.1, 0.15) is 6.04 Å². The Kier molecular flexibility index (Phi) is 7.99. The number of amides is 2. The molecule has 1 aromatic heterocycles. The number of aryl methyl sites for hydroxylation is 1. The van der Waals surface area contributed by atoms with Crippen LogP contribution >= 0.6 is 0 Å². The van der Waals surface area contributed by atoms with Crippen molar-refractivity contribution >= 4 is 11.8 Å². The second kappa shape index (κ2) is 11.1. The van der Waals surface area contributed by atoms with Gasteiger partial charge in [-0.15, -0.1) is 0 Å². The van der Waals surface area contributed by atoms with E-state index in [2.05, 4.69) is 40.7 Å². The number of hydrogen-bond donors (Lipinski definition) is 2. The summed E-state index contributed by atoms with van der Waals surface area (Å²) in [6.07, 6.45) is 11.1. The number of aromatic nitrogens is 1. The molecular weight excluding hydrogens is 424 g/mol. The standard InChI is InChI=1S/C28H38N4O2/c1-19-10-7-8-13-24(19)22-16-23(18-30-17-22)25-14-9-15-32(25)28(34)26(21-11-5-4-6-12-21)31-27(33)20(2)29-3/h7-8,10,13,16-18,20-21,25-26,29H,4-6,9,11-12,14-15H2,1-3H3,(H,31,33)/t20?,25?,26-/m0/s1. The van der Waals surface area contributed by atoms with Gasteiger partial charge in [0.25, 0.3) is 0 Å². The van der Waals surface area contributed by atoms with Crippen LogP contribution in [0.5, 0.6) is 0 Å². The number of pyridine rings is 1. The molecule has 1 aliphatic heterocycles. The van der Waals surface area contributed by atoms with Crippen LogP contribution in [-0.2, 0) is 9.59 Å². The minimum Gasteiger partial charge on any atom is -0.343 e. The molecule has 2 aromatic rings. The number of likely N-dealkylation sites (tertiary alicyclic amines) is 1. The first kappa shape index (κ1) is 24.4. The van der Waals surface area contributed by atoms with Crippen LogP contribution in [0.2, 0.25) is 0 Å². The molecule has 1 saturated heterocycles. The van der Waals surface area contributed by atoms with E-state index in [1.165, 1.54) is 17.5 Å². The molecule has 2 fully saturated rings. The number of rotatable bonds is 7. The van der Waals surface area contributed by atoms with Gasteiger partial charge < -0.3 is 15.5 Å². The number of carbonyl (C=O) groups excluding carboxylic acids is 2. The van der Waals surface area contributed by atoms with E-state index in [4.69, 9.17) is 0 Å². The topological polar surface area (TPSA) is 74.3 Å². The van der Waals surface area contributed by atoms with Crippen LogP contribution in [0.25, 0.3) is 11.1 Å². The van der Waals surface area contributed by atoms with E-state index >= 15 is 0 Å². The normalized spacial score (nSPS) is 20.7. The average molecular weight is 463 g/mol. The second-order valence-corrected chi connectivity index (χ2v) is 9.91. The van der Waals surface area contributed by atoms with Crippen LogP contribution in [0.3, 0.4) is 0 Å². The summed E-state index contributed by atoms with van der Waals surface area (Å²) in [5.74, 6) is 0.157. The van der Waals surface area contributed by atoms with Crippen molar-refractivity contribution in [3.63, 3.8) is 0 Å². The number of benzene rings is 1. The minimum absolute atomic E-state index is 0.00585. The molecule has 2 unspecified atom stereocenters. The molecule has 2 amide bonds. The Bertz CT molecular complexity index is 1000. The van der Waals surface area contributed by atoms with Crippen molar-refractivity contribution < 1.29 is 9.59 Å². The zero-order valence-electron chi connectivity index (χ0n) is 20.7. The van der Waals surface area contributed by atoms with Gasteiger partial charge in [-0.1, -0.05) is 43.5 Å². The van der Waals surface area contributed by atoms with Crippen LogP contribution in [-0.4, -0.2) is 47.4 Å². The number of nitrogens with zero attached hydrogens (tertiary/aromatic N) is 2. The lowest BCUT2D eigenvalue weighted by Gasteiger charge is -2.35. The van der Waals surface area contributed by atoms with Gasteiger partial charge in [0.2, 0.25) is 11.8 Å². The summed E-state index contributed by atoms with van der Waals surface area (Å²) < 4.78 is 0.